The van der Waals surface area contributed by atoms with Gasteiger partial charge in [0.1, 0.15) is 5.75 Å². The second-order valence-corrected chi connectivity index (χ2v) is 5.70. The lowest BCUT2D eigenvalue weighted by Gasteiger charge is -2.05. The number of methoxy groups -OCH3 is 1. The second-order valence-electron chi connectivity index (χ2n) is 4.64. The molecular weight excluding hydrogens is 322 g/mol. The van der Waals surface area contributed by atoms with Crippen molar-refractivity contribution in [1.82, 2.24) is 14.9 Å². The summed E-state index contributed by atoms with van der Waals surface area (Å²) < 4.78 is 32.5. The van der Waals surface area contributed by atoms with Crippen LogP contribution >= 0.6 is 11.8 Å². The van der Waals surface area contributed by atoms with Gasteiger partial charge in [-0.2, -0.15) is 9.78 Å². The molecule has 124 valence electrons. The number of nitrogens with zero attached hydrogens (tertiary/aromatic N) is 4. The Morgan fingerprint density at radius 3 is 2.83 bits per heavy atom. The summed E-state index contributed by atoms with van der Waals surface area (Å²) in [6, 6.07) is 7.21. The van der Waals surface area contributed by atoms with Crippen molar-refractivity contribution in [2.24, 2.45) is 5.10 Å². The van der Waals surface area contributed by atoms with Gasteiger partial charge in [0.15, 0.2) is 0 Å². The van der Waals surface area contributed by atoms with E-state index in [4.69, 9.17) is 4.74 Å². The van der Waals surface area contributed by atoms with Gasteiger partial charge in [-0.1, -0.05) is 37.2 Å². The Kier molecular flexibility index (Phi) is 6.52. The first-order chi connectivity index (χ1) is 11.2. The Bertz CT molecular complexity index is 661. The molecule has 0 aliphatic carbocycles. The number of thioether (sulfide) groups is 1. The van der Waals surface area contributed by atoms with Gasteiger partial charge in [0.2, 0.25) is 11.0 Å². The predicted molar refractivity (Wildman–Crippen MR) is 86.6 cm³/mol. The van der Waals surface area contributed by atoms with Gasteiger partial charge in [0.05, 0.1) is 13.3 Å². The third kappa shape index (κ3) is 4.51. The van der Waals surface area contributed by atoms with Crippen molar-refractivity contribution in [2.45, 2.75) is 31.3 Å². The second kappa shape index (κ2) is 8.61. The van der Waals surface area contributed by atoms with Crippen LogP contribution in [0.15, 0.2) is 34.5 Å². The van der Waals surface area contributed by atoms with Crippen LogP contribution in [-0.2, 0) is 0 Å². The van der Waals surface area contributed by atoms with Crippen LogP contribution in [0.2, 0.25) is 0 Å². The fourth-order valence-electron chi connectivity index (χ4n) is 1.81. The third-order valence-electron chi connectivity index (χ3n) is 3.01. The number of alkyl halides is 2. The quantitative estimate of drug-likeness (QED) is 0.414. The number of para-hydroxylation sites is 1. The lowest BCUT2D eigenvalue weighted by atomic mass is 10.2. The van der Waals surface area contributed by atoms with E-state index in [0.29, 0.717) is 16.5 Å². The minimum absolute atomic E-state index is 0.361. The van der Waals surface area contributed by atoms with Gasteiger partial charge in [0.25, 0.3) is 6.43 Å². The van der Waals surface area contributed by atoms with Gasteiger partial charge in [-0.05, 0) is 18.6 Å². The van der Waals surface area contributed by atoms with Crippen molar-refractivity contribution < 1.29 is 13.5 Å². The Hall–Kier alpha value is -1.96. The van der Waals surface area contributed by atoms with E-state index in [1.54, 1.807) is 19.2 Å². The van der Waals surface area contributed by atoms with E-state index >= 15 is 0 Å². The van der Waals surface area contributed by atoms with Gasteiger partial charge >= 0.3 is 0 Å². The number of unbranched alkanes of at least 4 members (excludes halogenated alkanes) is 1. The summed E-state index contributed by atoms with van der Waals surface area (Å²) in [4.78, 5) is 0. The summed E-state index contributed by atoms with van der Waals surface area (Å²) in [7, 11) is 1.54. The molecule has 0 saturated heterocycles. The molecule has 0 saturated carbocycles. The van der Waals surface area contributed by atoms with E-state index in [9.17, 15) is 8.78 Å². The van der Waals surface area contributed by atoms with E-state index in [1.807, 2.05) is 12.1 Å². The monoisotopic (exact) mass is 340 g/mol. The molecule has 0 spiro atoms. The fraction of sp³-hybridized carbons (Fsp3) is 0.400. The zero-order chi connectivity index (χ0) is 16.7. The standard InChI is InChI=1S/C15H18F2N4OS/c1-3-4-9-23-15-20-19-14(13(16)17)21(15)18-10-11-7-5-6-8-12(11)22-2/h5-8,10,13H,3-4,9H2,1-2H3. The summed E-state index contributed by atoms with van der Waals surface area (Å²) in [5.74, 6) is 0.931. The molecule has 8 heteroatoms. The summed E-state index contributed by atoms with van der Waals surface area (Å²) in [5, 5.41) is 11.9. The molecule has 5 nitrogen and oxygen atoms in total. The van der Waals surface area contributed by atoms with Crippen LogP contribution in [0.3, 0.4) is 0 Å². The van der Waals surface area contributed by atoms with E-state index in [0.717, 1.165) is 23.3 Å². The molecule has 23 heavy (non-hydrogen) atoms. The third-order valence-corrected chi connectivity index (χ3v) is 4.02. The van der Waals surface area contributed by atoms with Gasteiger partial charge < -0.3 is 4.74 Å². The number of hydrogen-bond acceptors (Lipinski definition) is 5. The molecule has 1 aromatic heterocycles. The highest BCUT2D eigenvalue weighted by Crippen LogP contribution is 2.24. The van der Waals surface area contributed by atoms with E-state index in [-0.39, 0.29) is 0 Å². The first-order valence-electron chi connectivity index (χ1n) is 7.21. The maximum Gasteiger partial charge on any atom is 0.299 e. The summed E-state index contributed by atoms with van der Waals surface area (Å²) in [6.45, 7) is 2.07. The first kappa shape index (κ1) is 17.4. The zero-order valence-corrected chi connectivity index (χ0v) is 13.8. The molecule has 0 aliphatic rings. The number of rotatable bonds is 8. The maximum absolute atomic E-state index is 13.1. The van der Waals surface area contributed by atoms with Crippen molar-refractivity contribution in [3.05, 3.63) is 35.7 Å². The summed E-state index contributed by atoms with van der Waals surface area (Å²) >= 11 is 1.37. The Labute approximate surface area is 137 Å². The topological polar surface area (TPSA) is 52.3 Å². The number of hydrogen-bond donors (Lipinski definition) is 0. The minimum Gasteiger partial charge on any atom is -0.496 e. The Balaban J connectivity index is 2.29. The van der Waals surface area contributed by atoms with Crippen LogP contribution in [-0.4, -0.2) is 34.0 Å². The smallest absolute Gasteiger partial charge is 0.299 e. The van der Waals surface area contributed by atoms with Crippen molar-refractivity contribution in [1.29, 1.82) is 0 Å². The Morgan fingerprint density at radius 2 is 2.13 bits per heavy atom. The van der Waals surface area contributed by atoms with Gasteiger partial charge in [0, 0.05) is 11.3 Å². The molecule has 0 atom stereocenters. The fourth-order valence-corrected chi connectivity index (χ4v) is 2.79. The minimum atomic E-state index is -2.74. The molecule has 0 fully saturated rings. The SMILES string of the molecule is CCCCSc1nnc(C(F)F)n1N=Cc1ccccc1OC. The van der Waals surface area contributed by atoms with Crippen LogP contribution in [0, 0.1) is 0 Å². The highest BCUT2D eigenvalue weighted by atomic mass is 32.2. The predicted octanol–water partition coefficient (Wildman–Crippen LogP) is 4.00. The molecule has 2 aromatic rings. The number of ether oxygens (including phenoxy) is 1. The maximum atomic E-state index is 13.1. The summed E-state index contributed by atoms with van der Waals surface area (Å²) in [6.07, 6.45) is 0.723. The molecule has 1 heterocycles. The average molecular weight is 340 g/mol. The molecule has 0 bridgehead atoms. The highest BCUT2D eigenvalue weighted by Gasteiger charge is 2.20. The number of halogens is 2. The molecule has 0 radical (unpaired) electrons. The van der Waals surface area contributed by atoms with Crippen molar-refractivity contribution >= 4 is 18.0 Å². The van der Waals surface area contributed by atoms with Gasteiger partial charge in [-0.3, -0.25) is 0 Å². The summed E-state index contributed by atoms with van der Waals surface area (Å²) in [5.41, 5.74) is 0.688. The van der Waals surface area contributed by atoms with E-state index < -0.39 is 12.2 Å². The van der Waals surface area contributed by atoms with Crippen molar-refractivity contribution in [2.75, 3.05) is 12.9 Å². The molecule has 0 aliphatic heterocycles. The van der Waals surface area contributed by atoms with Crippen LogP contribution < -0.4 is 4.74 Å². The largest absolute Gasteiger partial charge is 0.496 e. The van der Waals surface area contributed by atoms with E-state index in [2.05, 4.69) is 22.2 Å². The average Bonchev–Trinajstić information content (AvgIpc) is 2.96. The normalized spacial score (nSPS) is 11.5. The lowest BCUT2D eigenvalue weighted by molar-refractivity contribution is 0.135. The zero-order valence-electron chi connectivity index (χ0n) is 12.9. The van der Waals surface area contributed by atoms with Crippen molar-refractivity contribution in [3.63, 3.8) is 0 Å². The highest BCUT2D eigenvalue weighted by molar-refractivity contribution is 7.99. The van der Waals surface area contributed by atoms with Crippen LogP contribution in [0.5, 0.6) is 5.75 Å². The van der Waals surface area contributed by atoms with Crippen LogP contribution in [0.25, 0.3) is 0 Å². The molecule has 0 N–H and O–H groups in total. The number of aromatic nitrogens is 3. The van der Waals surface area contributed by atoms with Gasteiger partial charge in [-0.15, -0.1) is 10.2 Å². The van der Waals surface area contributed by atoms with E-state index in [1.165, 1.54) is 18.0 Å². The molecule has 2 rings (SSSR count). The van der Waals surface area contributed by atoms with Gasteiger partial charge in [-0.25, -0.2) is 8.78 Å². The number of benzene rings is 1. The molecule has 1 aromatic carbocycles. The molecule has 0 unspecified atom stereocenters. The van der Waals surface area contributed by atoms with Crippen molar-refractivity contribution in [3.8, 4) is 5.75 Å². The van der Waals surface area contributed by atoms with Crippen LogP contribution in [0.1, 0.15) is 37.6 Å². The Morgan fingerprint density at radius 1 is 1.35 bits per heavy atom. The molecule has 0 amide bonds. The first-order valence-corrected chi connectivity index (χ1v) is 8.19. The lowest BCUT2D eigenvalue weighted by Crippen LogP contribution is -2.01. The molecular formula is C15H18F2N4OS. The van der Waals surface area contributed by atoms with Crippen LogP contribution in [0.4, 0.5) is 8.78 Å².